The molecule has 0 aliphatic heterocycles. The van der Waals surface area contributed by atoms with Crippen LogP contribution in [0.25, 0.3) is 0 Å². The van der Waals surface area contributed by atoms with Gasteiger partial charge in [-0.3, -0.25) is 0 Å². The first kappa shape index (κ1) is 18.6. The maximum Gasteiger partial charge on any atom is 0.337 e. The molecule has 8 heteroatoms. The summed E-state index contributed by atoms with van der Waals surface area (Å²) < 4.78 is 4.72. The number of benzene rings is 2. The number of methoxy groups -OCH3 is 1. The normalized spacial score (nSPS) is 10.3. The second-order valence-corrected chi connectivity index (χ2v) is 6.22. The second-order valence-electron chi connectivity index (χ2n) is 5.82. The fourth-order valence-electron chi connectivity index (χ4n) is 2.33. The zero-order valence-corrected chi connectivity index (χ0v) is 15.6. The highest BCUT2D eigenvalue weighted by Crippen LogP contribution is 2.25. The lowest BCUT2D eigenvalue weighted by atomic mass is 10.1. The molecule has 2 aromatic carbocycles. The van der Waals surface area contributed by atoms with Crippen LogP contribution in [0.15, 0.2) is 48.7 Å². The molecule has 0 radical (unpaired) electrons. The summed E-state index contributed by atoms with van der Waals surface area (Å²) in [5.74, 6) is 0.364. The number of aromatic nitrogens is 3. The maximum atomic E-state index is 11.7. The van der Waals surface area contributed by atoms with Gasteiger partial charge in [0.25, 0.3) is 0 Å². The van der Waals surface area contributed by atoms with Gasteiger partial charge in [-0.1, -0.05) is 41.4 Å². The molecular formula is C19H18ClN5O2. The number of rotatable bonds is 6. The third kappa shape index (κ3) is 4.92. The predicted molar refractivity (Wildman–Crippen MR) is 104 cm³/mol. The van der Waals surface area contributed by atoms with Crippen molar-refractivity contribution < 1.29 is 9.53 Å². The minimum Gasteiger partial charge on any atom is -0.465 e. The molecule has 3 aromatic rings. The molecule has 1 aromatic heterocycles. The topological polar surface area (TPSA) is 89.0 Å². The molecule has 138 valence electrons. The summed E-state index contributed by atoms with van der Waals surface area (Å²) in [7, 11) is 1.32. The van der Waals surface area contributed by atoms with E-state index in [1.54, 1.807) is 18.2 Å². The van der Waals surface area contributed by atoms with Gasteiger partial charge >= 0.3 is 5.97 Å². The van der Waals surface area contributed by atoms with Crippen LogP contribution in [0, 0.1) is 6.92 Å². The number of carbonyl (C=O) groups is 1. The Labute approximate surface area is 161 Å². The predicted octanol–water partition coefficient (Wildman–Crippen LogP) is 3.98. The van der Waals surface area contributed by atoms with Gasteiger partial charge in [0.1, 0.15) is 0 Å². The SMILES string of the molecule is COC(=O)c1ccc(Cl)c(Nc2nncc(NCc3ccc(C)cc3)n2)c1. The summed E-state index contributed by atoms with van der Waals surface area (Å²) in [5, 5.41) is 14.5. The van der Waals surface area contributed by atoms with E-state index in [9.17, 15) is 4.79 Å². The van der Waals surface area contributed by atoms with Crippen LogP contribution in [0.5, 0.6) is 0 Å². The van der Waals surface area contributed by atoms with E-state index in [0.717, 1.165) is 5.56 Å². The van der Waals surface area contributed by atoms with Gasteiger partial charge in [0.2, 0.25) is 5.95 Å². The lowest BCUT2D eigenvalue weighted by molar-refractivity contribution is 0.0601. The van der Waals surface area contributed by atoms with Crippen LogP contribution >= 0.6 is 11.6 Å². The molecule has 0 spiro atoms. The maximum absolute atomic E-state index is 11.7. The quantitative estimate of drug-likeness (QED) is 0.622. The van der Waals surface area contributed by atoms with Crippen molar-refractivity contribution in [2.45, 2.75) is 13.5 Å². The molecule has 27 heavy (non-hydrogen) atoms. The first-order valence-corrected chi connectivity index (χ1v) is 8.57. The van der Waals surface area contributed by atoms with Crippen molar-refractivity contribution in [1.82, 2.24) is 15.2 Å². The molecule has 2 N–H and O–H groups in total. The van der Waals surface area contributed by atoms with Crippen LogP contribution < -0.4 is 10.6 Å². The van der Waals surface area contributed by atoms with E-state index in [0.29, 0.717) is 28.6 Å². The molecule has 0 saturated carbocycles. The molecule has 0 bridgehead atoms. The average Bonchev–Trinajstić information content (AvgIpc) is 2.69. The first-order valence-electron chi connectivity index (χ1n) is 8.19. The van der Waals surface area contributed by atoms with Crippen LogP contribution in [0.3, 0.4) is 0 Å². The number of carbonyl (C=O) groups excluding carboxylic acids is 1. The number of hydrogen-bond acceptors (Lipinski definition) is 7. The smallest absolute Gasteiger partial charge is 0.337 e. The van der Waals surface area contributed by atoms with Crippen molar-refractivity contribution in [2.24, 2.45) is 0 Å². The number of nitrogens with one attached hydrogen (secondary N) is 2. The van der Waals surface area contributed by atoms with Gasteiger partial charge in [0.15, 0.2) is 5.82 Å². The number of esters is 1. The summed E-state index contributed by atoms with van der Waals surface area (Å²) in [5.41, 5.74) is 3.19. The number of anilines is 3. The highest BCUT2D eigenvalue weighted by atomic mass is 35.5. The molecular weight excluding hydrogens is 366 g/mol. The molecule has 1 heterocycles. The van der Waals surface area contributed by atoms with Crippen molar-refractivity contribution in [3.05, 3.63) is 70.4 Å². The summed E-state index contributed by atoms with van der Waals surface area (Å²) in [6.07, 6.45) is 1.53. The third-order valence-electron chi connectivity index (χ3n) is 3.79. The average molecular weight is 384 g/mol. The lowest BCUT2D eigenvalue weighted by Crippen LogP contribution is -2.07. The van der Waals surface area contributed by atoms with Crippen molar-refractivity contribution >= 4 is 35.0 Å². The Bertz CT molecular complexity index is 947. The number of nitrogens with zero attached hydrogens (tertiary/aromatic N) is 3. The van der Waals surface area contributed by atoms with Gasteiger partial charge in [0.05, 0.1) is 29.6 Å². The largest absolute Gasteiger partial charge is 0.465 e. The van der Waals surface area contributed by atoms with E-state index in [-0.39, 0.29) is 5.95 Å². The van der Waals surface area contributed by atoms with E-state index in [4.69, 9.17) is 16.3 Å². The third-order valence-corrected chi connectivity index (χ3v) is 4.12. The fourth-order valence-corrected chi connectivity index (χ4v) is 2.49. The second kappa shape index (κ2) is 8.46. The monoisotopic (exact) mass is 383 g/mol. The zero-order valence-electron chi connectivity index (χ0n) is 14.9. The number of ether oxygens (including phenoxy) is 1. The van der Waals surface area contributed by atoms with E-state index in [1.807, 2.05) is 19.1 Å². The Balaban J connectivity index is 1.72. The summed E-state index contributed by atoms with van der Waals surface area (Å²) >= 11 is 6.18. The Morgan fingerprint density at radius 1 is 1.19 bits per heavy atom. The number of hydrogen-bond donors (Lipinski definition) is 2. The van der Waals surface area contributed by atoms with E-state index in [2.05, 4.69) is 37.9 Å². The van der Waals surface area contributed by atoms with Crippen molar-refractivity contribution in [1.29, 1.82) is 0 Å². The van der Waals surface area contributed by atoms with Crippen molar-refractivity contribution in [3.63, 3.8) is 0 Å². The van der Waals surface area contributed by atoms with Crippen LogP contribution in [0.1, 0.15) is 21.5 Å². The Morgan fingerprint density at radius 3 is 2.70 bits per heavy atom. The zero-order chi connectivity index (χ0) is 19.2. The van der Waals surface area contributed by atoms with E-state index in [1.165, 1.54) is 18.9 Å². The molecule has 0 amide bonds. The van der Waals surface area contributed by atoms with Gasteiger partial charge in [0, 0.05) is 6.54 Å². The van der Waals surface area contributed by atoms with Gasteiger partial charge in [-0.05, 0) is 30.7 Å². The highest BCUT2D eigenvalue weighted by Gasteiger charge is 2.10. The van der Waals surface area contributed by atoms with Gasteiger partial charge < -0.3 is 15.4 Å². The molecule has 7 nitrogen and oxygen atoms in total. The van der Waals surface area contributed by atoms with Crippen molar-refractivity contribution in [3.8, 4) is 0 Å². The standard InChI is InChI=1S/C19H18ClN5O2/c1-12-3-5-13(6-4-12)10-21-17-11-22-25-19(24-17)23-16-9-14(18(26)27-2)7-8-15(16)20/h3-9,11H,10H2,1-2H3,(H2,21,23,24,25). The van der Waals surface area contributed by atoms with Crippen molar-refractivity contribution in [2.75, 3.05) is 17.7 Å². The van der Waals surface area contributed by atoms with Gasteiger partial charge in [-0.25, -0.2) is 4.79 Å². The number of halogens is 1. The number of aryl methyl sites for hydroxylation is 1. The Morgan fingerprint density at radius 2 is 1.96 bits per heavy atom. The van der Waals surface area contributed by atoms with Crippen LogP contribution in [-0.2, 0) is 11.3 Å². The van der Waals surface area contributed by atoms with E-state index >= 15 is 0 Å². The first-order chi connectivity index (χ1) is 13.0. The van der Waals surface area contributed by atoms with E-state index < -0.39 is 5.97 Å². The summed E-state index contributed by atoms with van der Waals surface area (Å²) in [6, 6.07) is 13.0. The fraction of sp³-hybridized carbons (Fsp3) is 0.158. The van der Waals surface area contributed by atoms with Crippen LogP contribution in [-0.4, -0.2) is 28.3 Å². The molecule has 0 atom stereocenters. The summed E-state index contributed by atoms with van der Waals surface area (Å²) in [6.45, 7) is 2.65. The minimum absolute atomic E-state index is 0.257. The molecule has 0 saturated heterocycles. The molecule has 0 aliphatic rings. The lowest BCUT2D eigenvalue weighted by Gasteiger charge is -2.10. The highest BCUT2D eigenvalue weighted by molar-refractivity contribution is 6.33. The Hall–Kier alpha value is -3.19. The molecule has 0 fully saturated rings. The van der Waals surface area contributed by atoms with Gasteiger partial charge in [-0.15, -0.1) is 5.10 Å². The molecule has 0 unspecified atom stereocenters. The molecule has 0 aliphatic carbocycles. The van der Waals surface area contributed by atoms with Crippen LogP contribution in [0.4, 0.5) is 17.5 Å². The van der Waals surface area contributed by atoms with Crippen LogP contribution in [0.2, 0.25) is 5.02 Å². The Kier molecular flexibility index (Phi) is 5.83. The summed E-state index contributed by atoms with van der Waals surface area (Å²) in [4.78, 5) is 16.0. The minimum atomic E-state index is -0.456. The molecule has 3 rings (SSSR count). The van der Waals surface area contributed by atoms with Gasteiger partial charge in [-0.2, -0.15) is 10.1 Å².